The summed E-state index contributed by atoms with van der Waals surface area (Å²) in [4.78, 5) is 27.5. The van der Waals surface area contributed by atoms with Gasteiger partial charge in [0.1, 0.15) is 6.33 Å². The first-order valence-electron chi connectivity index (χ1n) is 5.80. The summed E-state index contributed by atoms with van der Waals surface area (Å²) in [6.45, 7) is 0.825. The van der Waals surface area contributed by atoms with Gasteiger partial charge in [-0.1, -0.05) is 0 Å². The molecule has 8 nitrogen and oxygen atoms in total. The first kappa shape index (κ1) is 13.2. The van der Waals surface area contributed by atoms with Crippen LogP contribution in [0.3, 0.4) is 0 Å². The van der Waals surface area contributed by atoms with Gasteiger partial charge in [0.25, 0.3) is 5.56 Å². The van der Waals surface area contributed by atoms with Crippen molar-refractivity contribution in [2.75, 3.05) is 0 Å². The van der Waals surface area contributed by atoms with E-state index in [1.54, 1.807) is 31.3 Å². The third-order valence-corrected chi connectivity index (χ3v) is 2.76. The lowest BCUT2D eigenvalue weighted by Gasteiger charge is -2.06. The highest BCUT2D eigenvalue weighted by Gasteiger charge is 2.06. The maximum Gasteiger partial charge on any atom is 0.330 e. The van der Waals surface area contributed by atoms with E-state index in [4.69, 9.17) is 0 Å². The predicted octanol–water partition coefficient (Wildman–Crippen LogP) is -1.50. The van der Waals surface area contributed by atoms with Gasteiger partial charge in [-0.25, -0.2) is 9.78 Å². The Morgan fingerprint density at radius 1 is 1.21 bits per heavy atom. The second-order valence-corrected chi connectivity index (χ2v) is 4.35. The van der Waals surface area contributed by atoms with E-state index in [1.807, 2.05) is 0 Å². The molecule has 0 radical (unpaired) electrons. The zero-order valence-corrected chi connectivity index (χ0v) is 11.1. The maximum atomic E-state index is 11.9. The maximum absolute atomic E-state index is 11.9. The van der Waals surface area contributed by atoms with Crippen LogP contribution in [0.25, 0.3) is 0 Å². The van der Waals surface area contributed by atoms with Crippen LogP contribution in [0.15, 0.2) is 22.1 Å². The van der Waals surface area contributed by atoms with Crippen molar-refractivity contribution in [1.82, 2.24) is 29.2 Å². The number of nitrogens with zero attached hydrogens (tertiary/aromatic N) is 5. The first-order chi connectivity index (χ1) is 8.99. The normalized spacial score (nSPS) is 10.9. The zero-order chi connectivity index (χ0) is 14.0. The van der Waals surface area contributed by atoms with E-state index in [1.165, 1.54) is 11.6 Å². The average Bonchev–Trinajstić information content (AvgIpc) is 2.79. The summed E-state index contributed by atoms with van der Waals surface area (Å²) in [7, 11) is 4.87. The number of aromatic nitrogens is 5. The van der Waals surface area contributed by atoms with Gasteiger partial charge in [0.05, 0.1) is 6.54 Å². The molecule has 8 heteroatoms. The van der Waals surface area contributed by atoms with Crippen LogP contribution in [0.1, 0.15) is 11.4 Å². The molecule has 0 atom stereocenters. The molecule has 0 fully saturated rings. The number of nitrogens with one attached hydrogen (secondary N) is 1. The lowest BCUT2D eigenvalue weighted by molar-refractivity contribution is 0.615. The van der Waals surface area contributed by atoms with Gasteiger partial charge in [-0.05, 0) is 0 Å². The molecule has 102 valence electrons. The lowest BCUT2D eigenvalue weighted by atomic mass is 10.3. The van der Waals surface area contributed by atoms with E-state index in [0.29, 0.717) is 24.5 Å². The second kappa shape index (κ2) is 5.19. The van der Waals surface area contributed by atoms with E-state index in [9.17, 15) is 9.59 Å². The molecule has 2 aromatic rings. The fraction of sp³-hybridized carbons (Fsp3) is 0.455. The van der Waals surface area contributed by atoms with Gasteiger partial charge in [-0.3, -0.25) is 14.0 Å². The van der Waals surface area contributed by atoms with Gasteiger partial charge >= 0.3 is 5.69 Å². The highest BCUT2D eigenvalue weighted by Crippen LogP contribution is 1.91. The molecule has 0 bridgehead atoms. The Morgan fingerprint density at radius 3 is 2.58 bits per heavy atom. The molecule has 0 spiro atoms. The first-order valence-corrected chi connectivity index (χ1v) is 5.80. The molecule has 0 aliphatic carbocycles. The number of hydrogen-bond donors (Lipinski definition) is 1. The number of rotatable bonds is 4. The van der Waals surface area contributed by atoms with Crippen LogP contribution in [0.5, 0.6) is 0 Å². The quantitative estimate of drug-likeness (QED) is 0.726. The van der Waals surface area contributed by atoms with Gasteiger partial charge in [-0.15, -0.1) is 0 Å². The Labute approximate surface area is 109 Å². The van der Waals surface area contributed by atoms with Gasteiger partial charge in [0.2, 0.25) is 0 Å². The Kier molecular flexibility index (Phi) is 3.61. The third kappa shape index (κ3) is 2.79. The van der Waals surface area contributed by atoms with E-state index >= 15 is 0 Å². The molecule has 2 aromatic heterocycles. The minimum atomic E-state index is -0.333. The summed E-state index contributed by atoms with van der Waals surface area (Å²) < 4.78 is 4.09. The summed E-state index contributed by atoms with van der Waals surface area (Å²) in [5, 5.41) is 7.20. The topological polar surface area (TPSA) is 86.7 Å². The third-order valence-electron chi connectivity index (χ3n) is 2.76. The SMILES string of the molecule is Cn1cnc(CNCc2cn(C)c(=O)n(C)c2=O)n1. The van der Waals surface area contributed by atoms with Crippen molar-refractivity contribution in [3.05, 3.63) is 44.8 Å². The summed E-state index contributed by atoms with van der Waals surface area (Å²) in [5.41, 5.74) is -0.0924. The van der Waals surface area contributed by atoms with Gasteiger partial charge in [-0.2, -0.15) is 5.10 Å². The monoisotopic (exact) mass is 264 g/mol. The molecule has 1 N–H and O–H groups in total. The van der Waals surface area contributed by atoms with E-state index < -0.39 is 0 Å². The molecule has 0 amide bonds. The molecule has 0 aliphatic rings. The molecule has 2 rings (SSSR count). The molecule has 19 heavy (non-hydrogen) atoms. The summed E-state index contributed by atoms with van der Waals surface area (Å²) >= 11 is 0. The lowest BCUT2D eigenvalue weighted by Crippen LogP contribution is -2.39. The molecule has 0 saturated heterocycles. The van der Waals surface area contributed by atoms with Gasteiger partial charge in [0, 0.05) is 39.4 Å². The zero-order valence-electron chi connectivity index (χ0n) is 11.1. The Balaban J connectivity index is 2.08. The van der Waals surface area contributed by atoms with Crippen LogP contribution < -0.4 is 16.6 Å². The standard InChI is InChI=1S/C11H16N6O2/c1-15-6-8(10(18)17(3)11(15)19)4-12-5-9-13-7-16(2)14-9/h6-7,12H,4-5H2,1-3H3. The average molecular weight is 264 g/mol. The fourth-order valence-electron chi connectivity index (χ4n) is 1.78. The van der Waals surface area contributed by atoms with Gasteiger partial charge < -0.3 is 9.88 Å². The molecular weight excluding hydrogens is 248 g/mol. The summed E-state index contributed by atoms with van der Waals surface area (Å²) in [5.74, 6) is 0.657. The Morgan fingerprint density at radius 2 is 1.95 bits per heavy atom. The molecule has 2 heterocycles. The predicted molar refractivity (Wildman–Crippen MR) is 68.5 cm³/mol. The Hall–Kier alpha value is -2.22. The number of aryl methyl sites for hydroxylation is 2. The highest BCUT2D eigenvalue weighted by atomic mass is 16.2. The molecule has 0 unspecified atom stereocenters. The highest BCUT2D eigenvalue weighted by molar-refractivity contribution is 5.05. The van der Waals surface area contributed by atoms with Crippen molar-refractivity contribution in [3.8, 4) is 0 Å². The molecular formula is C11H16N6O2. The van der Waals surface area contributed by atoms with Gasteiger partial charge in [0.15, 0.2) is 5.82 Å². The van der Waals surface area contributed by atoms with Crippen LogP contribution in [-0.2, 0) is 34.2 Å². The van der Waals surface area contributed by atoms with Crippen LogP contribution in [0, 0.1) is 0 Å². The van der Waals surface area contributed by atoms with E-state index in [2.05, 4.69) is 15.4 Å². The van der Waals surface area contributed by atoms with Crippen LogP contribution in [0.4, 0.5) is 0 Å². The molecule has 0 saturated carbocycles. The second-order valence-electron chi connectivity index (χ2n) is 4.35. The van der Waals surface area contributed by atoms with E-state index in [0.717, 1.165) is 4.57 Å². The Bertz CT molecular complexity index is 696. The van der Waals surface area contributed by atoms with Crippen molar-refractivity contribution < 1.29 is 0 Å². The smallest absolute Gasteiger partial charge is 0.305 e. The van der Waals surface area contributed by atoms with Crippen molar-refractivity contribution in [3.63, 3.8) is 0 Å². The largest absolute Gasteiger partial charge is 0.330 e. The van der Waals surface area contributed by atoms with Crippen LogP contribution in [0.2, 0.25) is 0 Å². The van der Waals surface area contributed by atoms with Crippen LogP contribution >= 0.6 is 0 Å². The number of hydrogen-bond acceptors (Lipinski definition) is 5. The summed E-state index contributed by atoms with van der Waals surface area (Å²) in [6, 6.07) is 0. The van der Waals surface area contributed by atoms with E-state index in [-0.39, 0.29) is 11.2 Å². The van der Waals surface area contributed by atoms with Crippen molar-refractivity contribution in [2.45, 2.75) is 13.1 Å². The fourth-order valence-corrected chi connectivity index (χ4v) is 1.78. The minimum absolute atomic E-state index is 0.287. The van der Waals surface area contributed by atoms with Crippen molar-refractivity contribution >= 4 is 0 Å². The molecule has 0 aliphatic heterocycles. The van der Waals surface area contributed by atoms with Crippen molar-refractivity contribution in [2.24, 2.45) is 21.1 Å². The molecule has 0 aromatic carbocycles. The van der Waals surface area contributed by atoms with Crippen molar-refractivity contribution in [1.29, 1.82) is 0 Å². The minimum Gasteiger partial charge on any atom is -0.305 e. The van der Waals surface area contributed by atoms with Crippen LogP contribution in [-0.4, -0.2) is 23.9 Å². The summed E-state index contributed by atoms with van der Waals surface area (Å²) in [6.07, 6.45) is 3.16.